The minimum absolute atomic E-state index is 0.0147. The lowest BCUT2D eigenvalue weighted by molar-refractivity contribution is 0.408. The molecule has 0 radical (unpaired) electrons. The van der Waals surface area contributed by atoms with Crippen LogP contribution in [-0.2, 0) is 20.0 Å². The van der Waals surface area contributed by atoms with Gasteiger partial charge in [-0.3, -0.25) is 0 Å². The normalized spacial score (nSPS) is 12.7. The first-order chi connectivity index (χ1) is 10.6. The number of unbranched alkanes of at least 4 members (excludes halogenated alkanes) is 1. The third-order valence-corrected chi connectivity index (χ3v) is 6.51. The number of aryl methyl sites for hydroxylation is 1. The van der Waals surface area contributed by atoms with Gasteiger partial charge in [0.25, 0.3) is 0 Å². The van der Waals surface area contributed by atoms with Gasteiger partial charge >= 0.3 is 0 Å². The van der Waals surface area contributed by atoms with Crippen LogP contribution in [0.5, 0.6) is 0 Å². The topological polar surface area (TPSA) is 83.6 Å². The van der Waals surface area contributed by atoms with Crippen molar-refractivity contribution >= 4 is 31.6 Å². The molecule has 1 N–H and O–H groups in total. The second-order valence-electron chi connectivity index (χ2n) is 5.32. The zero-order valence-electron chi connectivity index (χ0n) is 13.5. The van der Waals surface area contributed by atoms with Gasteiger partial charge in [0.1, 0.15) is 0 Å². The second kappa shape index (κ2) is 8.43. The van der Waals surface area contributed by atoms with Gasteiger partial charge in [-0.15, -0.1) is 0 Å². The summed E-state index contributed by atoms with van der Waals surface area (Å²) >= 11 is 5.89. The minimum Gasteiger partial charge on any atom is -0.213 e. The fourth-order valence-corrected chi connectivity index (χ4v) is 4.06. The van der Waals surface area contributed by atoms with Crippen LogP contribution in [0, 0.1) is 6.92 Å². The van der Waals surface area contributed by atoms with E-state index in [4.69, 9.17) is 11.6 Å². The van der Waals surface area contributed by atoms with E-state index in [1.165, 1.54) is 22.5 Å². The number of rotatable bonds is 9. The second-order valence-corrected chi connectivity index (χ2v) is 9.48. The van der Waals surface area contributed by atoms with Crippen LogP contribution in [-0.4, -0.2) is 47.0 Å². The molecule has 9 heteroatoms. The van der Waals surface area contributed by atoms with Crippen LogP contribution in [0.3, 0.4) is 0 Å². The lowest BCUT2D eigenvalue weighted by Gasteiger charge is -2.19. The number of hydrogen-bond acceptors (Lipinski definition) is 4. The lowest BCUT2D eigenvalue weighted by Crippen LogP contribution is -2.38. The maximum atomic E-state index is 12.2. The Kier molecular flexibility index (Phi) is 7.47. The molecule has 0 aromatic heterocycles. The van der Waals surface area contributed by atoms with Crippen LogP contribution in [0.25, 0.3) is 0 Å². The van der Waals surface area contributed by atoms with Gasteiger partial charge in [-0.05, 0) is 37.1 Å². The molecule has 0 bridgehead atoms. The Balaban J connectivity index is 2.73. The van der Waals surface area contributed by atoms with Crippen molar-refractivity contribution < 1.29 is 16.8 Å². The highest BCUT2D eigenvalue weighted by Gasteiger charge is 2.18. The summed E-state index contributed by atoms with van der Waals surface area (Å²) in [5.41, 5.74) is 0.662. The van der Waals surface area contributed by atoms with E-state index in [0.717, 1.165) is 19.1 Å². The molecule has 0 amide bonds. The van der Waals surface area contributed by atoms with Crippen molar-refractivity contribution in [3.8, 4) is 0 Å². The van der Waals surface area contributed by atoms with Crippen molar-refractivity contribution in [3.05, 3.63) is 28.8 Å². The maximum Gasteiger partial charge on any atom is 0.240 e. The lowest BCUT2D eigenvalue weighted by atomic mass is 10.2. The Labute approximate surface area is 143 Å². The van der Waals surface area contributed by atoms with E-state index < -0.39 is 20.0 Å². The number of nitrogens with zero attached hydrogens (tertiary/aromatic N) is 1. The van der Waals surface area contributed by atoms with Gasteiger partial charge in [0.15, 0.2) is 0 Å². The smallest absolute Gasteiger partial charge is 0.213 e. The van der Waals surface area contributed by atoms with Gasteiger partial charge in [-0.2, -0.15) is 0 Å². The molecule has 0 heterocycles. The summed E-state index contributed by atoms with van der Waals surface area (Å²) in [5, 5.41) is 0.492. The van der Waals surface area contributed by atoms with E-state index in [9.17, 15) is 16.8 Å². The summed E-state index contributed by atoms with van der Waals surface area (Å²) in [7, 11) is -7.04. The summed E-state index contributed by atoms with van der Waals surface area (Å²) in [6, 6.07) is 4.43. The fraction of sp³-hybridized carbons (Fsp3) is 0.571. The first-order valence-corrected chi connectivity index (χ1v) is 11.0. The SMILES string of the molecule is CCCCN(CCNS(=O)(=O)c1ccc(Cl)c(C)c1)S(C)(=O)=O. The van der Waals surface area contributed by atoms with Crippen molar-refractivity contribution in [1.82, 2.24) is 9.03 Å². The molecule has 1 aromatic carbocycles. The molecule has 0 unspecified atom stereocenters. The average Bonchev–Trinajstić information content (AvgIpc) is 2.44. The zero-order valence-corrected chi connectivity index (χ0v) is 15.9. The molecule has 1 rings (SSSR count). The number of nitrogens with one attached hydrogen (secondary N) is 1. The Bertz CT molecular complexity index is 733. The third-order valence-electron chi connectivity index (χ3n) is 3.32. The molecule has 0 saturated heterocycles. The predicted octanol–water partition coefficient (Wildman–Crippen LogP) is 1.99. The van der Waals surface area contributed by atoms with Gasteiger partial charge in [0.2, 0.25) is 20.0 Å². The van der Waals surface area contributed by atoms with Crippen LogP contribution in [0.15, 0.2) is 23.1 Å². The minimum atomic E-state index is -3.69. The monoisotopic (exact) mass is 382 g/mol. The van der Waals surface area contributed by atoms with Crippen molar-refractivity contribution in [2.24, 2.45) is 0 Å². The number of benzene rings is 1. The van der Waals surface area contributed by atoms with Gasteiger partial charge < -0.3 is 0 Å². The Morgan fingerprint density at radius 2 is 1.83 bits per heavy atom. The Hall–Kier alpha value is -0.670. The van der Waals surface area contributed by atoms with E-state index in [0.29, 0.717) is 17.1 Å². The molecule has 0 fully saturated rings. The van der Waals surface area contributed by atoms with Gasteiger partial charge in [0, 0.05) is 24.7 Å². The molecule has 0 aliphatic heterocycles. The van der Waals surface area contributed by atoms with Crippen molar-refractivity contribution in [2.75, 3.05) is 25.9 Å². The molecule has 0 atom stereocenters. The molecule has 6 nitrogen and oxygen atoms in total. The summed E-state index contributed by atoms with van der Waals surface area (Å²) in [4.78, 5) is 0.110. The average molecular weight is 383 g/mol. The van der Waals surface area contributed by atoms with Crippen molar-refractivity contribution in [1.29, 1.82) is 0 Å². The standard InChI is InChI=1S/C14H23ClN2O4S2/c1-4-5-9-17(22(3,18)19)10-8-16-23(20,21)13-6-7-14(15)12(2)11-13/h6-7,11,16H,4-5,8-10H2,1-3H3. The summed E-state index contributed by atoms with van der Waals surface area (Å²) in [6.45, 7) is 4.19. The van der Waals surface area contributed by atoms with Crippen molar-refractivity contribution in [2.45, 2.75) is 31.6 Å². The first kappa shape index (κ1) is 20.4. The van der Waals surface area contributed by atoms with Gasteiger partial charge in [-0.25, -0.2) is 25.9 Å². The molecule has 0 saturated carbocycles. The quantitative estimate of drug-likeness (QED) is 0.707. The Morgan fingerprint density at radius 3 is 2.35 bits per heavy atom. The molecular weight excluding hydrogens is 360 g/mol. The van der Waals surface area contributed by atoms with E-state index >= 15 is 0 Å². The summed E-state index contributed by atoms with van der Waals surface area (Å²) in [6.07, 6.45) is 2.72. The van der Waals surface area contributed by atoms with E-state index in [1.54, 1.807) is 6.92 Å². The zero-order chi connectivity index (χ0) is 17.7. The Morgan fingerprint density at radius 1 is 1.17 bits per heavy atom. The molecule has 0 spiro atoms. The molecule has 1 aromatic rings. The van der Waals surface area contributed by atoms with Gasteiger partial charge in [0.05, 0.1) is 11.2 Å². The number of hydrogen-bond donors (Lipinski definition) is 1. The van der Waals surface area contributed by atoms with Crippen LogP contribution in [0.2, 0.25) is 5.02 Å². The van der Waals surface area contributed by atoms with Crippen LogP contribution in [0.4, 0.5) is 0 Å². The number of halogens is 1. The van der Waals surface area contributed by atoms with Crippen molar-refractivity contribution in [3.63, 3.8) is 0 Å². The molecule has 23 heavy (non-hydrogen) atoms. The van der Waals surface area contributed by atoms with E-state index in [1.807, 2.05) is 6.92 Å². The molecule has 132 valence electrons. The molecular formula is C14H23ClN2O4S2. The summed E-state index contributed by atoms with van der Waals surface area (Å²) < 4.78 is 51.5. The predicted molar refractivity (Wildman–Crippen MR) is 92.7 cm³/mol. The number of sulfonamides is 2. The van der Waals surface area contributed by atoms with E-state index in [2.05, 4.69) is 4.72 Å². The third kappa shape index (κ3) is 6.39. The largest absolute Gasteiger partial charge is 0.240 e. The highest BCUT2D eigenvalue weighted by atomic mass is 35.5. The maximum absolute atomic E-state index is 12.2. The highest BCUT2D eigenvalue weighted by molar-refractivity contribution is 7.89. The van der Waals surface area contributed by atoms with Crippen LogP contribution in [0.1, 0.15) is 25.3 Å². The summed E-state index contributed by atoms with van der Waals surface area (Å²) in [5.74, 6) is 0. The molecule has 0 aliphatic rings. The van der Waals surface area contributed by atoms with Gasteiger partial charge in [-0.1, -0.05) is 24.9 Å². The fourth-order valence-electron chi connectivity index (χ4n) is 1.95. The first-order valence-electron chi connectivity index (χ1n) is 7.29. The van der Waals surface area contributed by atoms with E-state index in [-0.39, 0.29) is 18.0 Å². The van der Waals surface area contributed by atoms with Crippen LogP contribution < -0.4 is 4.72 Å². The molecule has 0 aliphatic carbocycles. The highest BCUT2D eigenvalue weighted by Crippen LogP contribution is 2.19. The van der Waals surface area contributed by atoms with Crippen LogP contribution >= 0.6 is 11.6 Å².